The molecule has 0 saturated carbocycles. The first-order chi connectivity index (χ1) is 9.94. The molecule has 1 fully saturated rings. The molecule has 0 atom stereocenters. The highest BCUT2D eigenvalue weighted by Crippen LogP contribution is 2.18. The van der Waals surface area contributed by atoms with Crippen LogP contribution >= 0.6 is 0 Å². The maximum atomic E-state index is 12.0. The van der Waals surface area contributed by atoms with Crippen molar-refractivity contribution in [2.45, 2.75) is 12.8 Å². The molecule has 2 rings (SSSR count). The maximum Gasteiger partial charge on any atom is 0.321 e. The Labute approximate surface area is 125 Å². The van der Waals surface area contributed by atoms with Gasteiger partial charge in [-0.25, -0.2) is 13.2 Å². The highest BCUT2D eigenvalue weighted by Gasteiger charge is 2.17. The molecule has 6 nitrogen and oxygen atoms in total. The van der Waals surface area contributed by atoms with Gasteiger partial charge in [-0.1, -0.05) is 6.07 Å². The van der Waals surface area contributed by atoms with Crippen LogP contribution in [0, 0.1) is 0 Å². The van der Waals surface area contributed by atoms with Crippen molar-refractivity contribution in [2.24, 2.45) is 0 Å². The lowest BCUT2D eigenvalue weighted by Gasteiger charge is -2.16. The summed E-state index contributed by atoms with van der Waals surface area (Å²) in [4.78, 5) is 13.7. The molecule has 7 heteroatoms. The van der Waals surface area contributed by atoms with E-state index in [1.54, 1.807) is 29.2 Å². The van der Waals surface area contributed by atoms with E-state index in [9.17, 15) is 13.2 Å². The molecule has 0 spiro atoms. The molecular weight excluding hydrogens is 292 g/mol. The zero-order valence-corrected chi connectivity index (χ0v) is 12.9. The molecule has 1 N–H and O–H groups in total. The van der Waals surface area contributed by atoms with E-state index < -0.39 is 9.84 Å². The number of anilines is 1. The third-order valence-corrected chi connectivity index (χ3v) is 4.11. The highest BCUT2D eigenvalue weighted by atomic mass is 32.2. The van der Waals surface area contributed by atoms with Crippen molar-refractivity contribution < 1.29 is 17.9 Å². The van der Waals surface area contributed by atoms with Crippen LogP contribution < -0.4 is 10.1 Å². The Morgan fingerprint density at radius 3 is 2.71 bits per heavy atom. The van der Waals surface area contributed by atoms with Gasteiger partial charge >= 0.3 is 6.03 Å². The Morgan fingerprint density at radius 2 is 2.05 bits per heavy atom. The van der Waals surface area contributed by atoms with Crippen molar-refractivity contribution in [1.82, 2.24) is 4.90 Å². The Hall–Kier alpha value is -1.76. The smallest absolute Gasteiger partial charge is 0.321 e. The molecule has 1 aliphatic heterocycles. The van der Waals surface area contributed by atoms with Crippen LogP contribution in [-0.4, -0.2) is 51.1 Å². The van der Waals surface area contributed by atoms with Gasteiger partial charge in [0, 0.05) is 31.1 Å². The van der Waals surface area contributed by atoms with Crippen LogP contribution in [0.2, 0.25) is 0 Å². The summed E-state index contributed by atoms with van der Waals surface area (Å²) < 4.78 is 27.5. The number of likely N-dealkylation sites (tertiary alicyclic amines) is 1. The number of urea groups is 1. The van der Waals surface area contributed by atoms with E-state index in [0.717, 1.165) is 25.9 Å². The summed E-state index contributed by atoms with van der Waals surface area (Å²) in [5, 5.41) is 2.82. The van der Waals surface area contributed by atoms with Crippen molar-refractivity contribution in [3.63, 3.8) is 0 Å². The number of amides is 2. The minimum atomic E-state index is -3.04. The first kappa shape index (κ1) is 15.6. The second kappa shape index (κ2) is 6.80. The number of nitrogens with one attached hydrogen (secondary N) is 1. The number of benzene rings is 1. The number of sulfone groups is 1. The molecule has 0 bridgehead atoms. The van der Waals surface area contributed by atoms with Crippen LogP contribution in [0.5, 0.6) is 5.75 Å². The van der Waals surface area contributed by atoms with Gasteiger partial charge in [-0.15, -0.1) is 0 Å². The quantitative estimate of drug-likeness (QED) is 0.898. The number of hydrogen-bond donors (Lipinski definition) is 1. The van der Waals surface area contributed by atoms with Crippen LogP contribution in [0.3, 0.4) is 0 Å². The molecule has 116 valence electrons. The number of nitrogens with zero attached hydrogens (tertiary/aromatic N) is 1. The van der Waals surface area contributed by atoms with Gasteiger partial charge in [0.05, 0.1) is 5.75 Å². The Bertz CT molecular complexity index is 595. The number of rotatable bonds is 5. The average molecular weight is 312 g/mol. The molecule has 1 aromatic rings. The van der Waals surface area contributed by atoms with Gasteiger partial charge in [-0.3, -0.25) is 0 Å². The van der Waals surface area contributed by atoms with E-state index >= 15 is 0 Å². The maximum absolute atomic E-state index is 12.0. The summed E-state index contributed by atoms with van der Waals surface area (Å²) in [6, 6.07) is 6.84. The lowest BCUT2D eigenvalue weighted by atomic mass is 10.3. The largest absolute Gasteiger partial charge is 0.492 e. The molecule has 21 heavy (non-hydrogen) atoms. The Morgan fingerprint density at radius 1 is 1.33 bits per heavy atom. The van der Waals surface area contributed by atoms with Gasteiger partial charge in [0.15, 0.2) is 9.84 Å². The van der Waals surface area contributed by atoms with Gasteiger partial charge in [-0.05, 0) is 25.0 Å². The topological polar surface area (TPSA) is 75.7 Å². The molecular formula is C14H20N2O4S. The van der Waals surface area contributed by atoms with Crippen LogP contribution in [-0.2, 0) is 9.84 Å². The fourth-order valence-corrected chi connectivity index (χ4v) is 2.48. The summed E-state index contributed by atoms with van der Waals surface area (Å²) in [6.07, 6.45) is 3.26. The second-order valence-corrected chi connectivity index (χ2v) is 7.39. The van der Waals surface area contributed by atoms with Gasteiger partial charge < -0.3 is 15.0 Å². The Balaban J connectivity index is 1.89. The molecule has 2 amide bonds. The van der Waals surface area contributed by atoms with E-state index in [-0.39, 0.29) is 18.4 Å². The first-order valence-electron chi connectivity index (χ1n) is 6.90. The standard InChI is InChI=1S/C14H20N2O4S/c1-21(18,19)10-9-20-13-6-4-5-12(11-13)15-14(17)16-7-2-3-8-16/h4-6,11H,2-3,7-10H2,1H3,(H,15,17). The highest BCUT2D eigenvalue weighted by molar-refractivity contribution is 7.90. The molecule has 0 aliphatic carbocycles. The lowest BCUT2D eigenvalue weighted by molar-refractivity contribution is 0.222. The fraction of sp³-hybridized carbons (Fsp3) is 0.500. The van der Waals surface area contributed by atoms with Crippen molar-refractivity contribution in [1.29, 1.82) is 0 Å². The molecule has 1 heterocycles. The minimum Gasteiger partial charge on any atom is -0.492 e. The van der Waals surface area contributed by atoms with Crippen LogP contribution in [0.4, 0.5) is 10.5 Å². The van der Waals surface area contributed by atoms with Crippen LogP contribution in [0.15, 0.2) is 24.3 Å². The van der Waals surface area contributed by atoms with Crippen molar-refractivity contribution in [3.05, 3.63) is 24.3 Å². The van der Waals surface area contributed by atoms with E-state index in [4.69, 9.17) is 4.74 Å². The van der Waals surface area contributed by atoms with Crippen molar-refractivity contribution in [2.75, 3.05) is 37.0 Å². The van der Waals surface area contributed by atoms with Crippen molar-refractivity contribution in [3.8, 4) is 5.75 Å². The SMILES string of the molecule is CS(=O)(=O)CCOc1cccc(NC(=O)N2CCCC2)c1. The molecule has 1 saturated heterocycles. The molecule has 0 unspecified atom stereocenters. The van der Waals surface area contributed by atoms with Gasteiger partial charge in [0.2, 0.25) is 0 Å². The number of ether oxygens (including phenoxy) is 1. The lowest BCUT2D eigenvalue weighted by Crippen LogP contribution is -2.32. The van der Waals surface area contributed by atoms with Crippen LogP contribution in [0.1, 0.15) is 12.8 Å². The summed E-state index contributed by atoms with van der Waals surface area (Å²) in [5.74, 6) is 0.509. The number of carbonyl (C=O) groups excluding carboxylic acids is 1. The summed E-state index contributed by atoms with van der Waals surface area (Å²) >= 11 is 0. The van der Waals surface area contributed by atoms with Gasteiger partial charge in [-0.2, -0.15) is 0 Å². The minimum absolute atomic E-state index is 0.0304. The predicted octanol–water partition coefficient (Wildman–Crippen LogP) is 1.74. The third kappa shape index (κ3) is 5.26. The molecule has 0 aromatic heterocycles. The van der Waals surface area contributed by atoms with Gasteiger partial charge in [0.25, 0.3) is 0 Å². The zero-order valence-electron chi connectivity index (χ0n) is 12.0. The summed E-state index contributed by atoms with van der Waals surface area (Å²) in [6.45, 7) is 1.68. The van der Waals surface area contributed by atoms with E-state index in [0.29, 0.717) is 11.4 Å². The molecule has 1 aromatic carbocycles. The fourth-order valence-electron chi connectivity index (χ4n) is 2.10. The normalized spacial score (nSPS) is 15.0. The van der Waals surface area contributed by atoms with Crippen LogP contribution in [0.25, 0.3) is 0 Å². The molecule has 1 aliphatic rings. The monoisotopic (exact) mass is 312 g/mol. The number of carbonyl (C=O) groups is 1. The van der Waals surface area contributed by atoms with Crippen molar-refractivity contribution >= 4 is 21.6 Å². The zero-order chi connectivity index (χ0) is 15.3. The third-order valence-electron chi connectivity index (χ3n) is 3.20. The number of hydrogen-bond acceptors (Lipinski definition) is 4. The van der Waals surface area contributed by atoms with E-state index in [1.807, 2.05) is 0 Å². The predicted molar refractivity (Wildman–Crippen MR) is 81.5 cm³/mol. The van der Waals surface area contributed by atoms with E-state index in [1.165, 1.54) is 6.26 Å². The molecule has 0 radical (unpaired) electrons. The summed E-state index contributed by atoms with van der Waals surface area (Å²) in [7, 11) is -3.04. The first-order valence-corrected chi connectivity index (χ1v) is 8.97. The average Bonchev–Trinajstić information content (AvgIpc) is 2.91. The Kier molecular flexibility index (Phi) is 5.06. The summed E-state index contributed by atoms with van der Waals surface area (Å²) in [5.41, 5.74) is 0.642. The van der Waals surface area contributed by atoms with E-state index in [2.05, 4.69) is 5.32 Å². The second-order valence-electron chi connectivity index (χ2n) is 5.13. The van der Waals surface area contributed by atoms with Gasteiger partial charge in [0.1, 0.15) is 12.4 Å².